The SMILES string of the molecule is C=CC(=O)OCCC1=NCCO1. The fourth-order valence-corrected chi connectivity index (χ4v) is 0.829. The molecule has 12 heavy (non-hydrogen) atoms. The molecule has 0 N–H and O–H groups in total. The quantitative estimate of drug-likeness (QED) is 0.455. The van der Waals surface area contributed by atoms with Crippen molar-refractivity contribution in [1.29, 1.82) is 0 Å². The Morgan fingerprint density at radius 2 is 2.67 bits per heavy atom. The average molecular weight is 169 g/mol. The van der Waals surface area contributed by atoms with Gasteiger partial charge in [-0.2, -0.15) is 0 Å². The van der Waals surface area contributed by atoms with Crippen molar-refractivity contribution in [3.63, 3.8) is 0 Å². The summed E-state index contributed by atoms with van der Waals surface area (Å²) in [5.41, 5.74) is 0. The highest BCUT2D eigenvalue weighted by Crippen LogP contribution is 1.98. The van der Waals surface area contributed by atoms with E-state index in [1.165, 1.54) is 0 Å². The highest BCUT2D eigenvalue weighted by atomic mass is 16.5. The van der Waals surface area contributed by atoms with Gasteiger partial charge in [-0.05, 0) is 0 Å². The maximum absolute atomic E-state index is 10.6. The van der Waals surface area contributed by atoms with Crippen LogP contribution in [0.4, 0.5) is 0 Å². The fraction of sp³-hybridized carbons (Fsp3) is 0.500. The van der Waals surface area contributed by atoms with Crippen LogP contribution in [-0.2, 0) is 14.3 Å². The van der Waals surface area contributed by atoms with Crippen LogP contribution in [-0.4, -0.2) is 31.6 Å². The molecule has 0 saturated heterocycles. The summed E-state index contributed by atoms with van der Waals surface area (Å²) in [5, 5.41) is 0. The third-order valence-electron chi connectivity index (χ3n) is 1.38. The van der Waals surface area contributed by atoms with E-state index in [2.05, 4.69) is 11.6 Å². The molecule has 0 atom stereocenters. The summed E-state index contributed by atoms with van der Waals surface area (Å²) >= 11 is 0. The first-order chi connectivity index (χ1) is 5.83. The van der Waals surface area contributed by atoms with Gasteiger partial charge in [0.05, 0.1) is 13.0 Å². The van der Waals surface area contributed by atoms with Crippen LogP contribution >= 0.6 is 0 Å². The number of ether oxygens (including phenoxy) is 2. The lowest BCUT2D eigenvalue weighted by atomic mass is 10.4. The second-order valence-electron chi connectivity index (χ2n) is 2.25. The summed E-state index contributed by atoms with van der Waals surface area (Å²) in [6, 6.07) is 0. The van der Waals surface area contributed by atoms with Gasteiger partial charge in [0.2, 0.25) is 0 Å². The van der Waals surface area contributed by atoms with Gasteiger partial charge < -0.3 is 9.47 Å². The molecular formula is C8H11NO3. The maximum Gasteiger partial charge on any atom is 0.330 e. The van der Waals surface area contributed by atoms with Gasteiger partial charge in [-0.15, -0.1) is 0 Å². The summed E-state index contributed by atoms with van der Waals surface area (Å²) in [7, 11) is 0. The minimum absolute atomic E-state index is 0.309. The van der Waals surface area contributed by atoms with Crippen molar-refractivity contribution < 1.29 is 14.3 Å². The van der Waals surface area contributed by atoms with Crippen LogP contribution in [0.5, 0.6) is 0 Å². The Kier molecular flexibility index (Phi) is 3.32. The molecule has 0 aliphatic carbocycles. The molecule has 1 heterocycles. The normalized spacial score (nSPS) is 14.8. The van der Waals surface area contributed by atoms with Crippen molar-refractivity contribution in [2.75, 3.05) is 19.8 Å². The van der Waals surface area contributed by atoms with Crippen molar-refractivity contribution >= 4 is 11.9 Å². The van der Waals surface area contributed by atoms with E-state index < -0.39 is 5.97 Å². The summed E-state index contributed by atoms with van der Waals surface area (Å²) in [6.45, 7) is 4.94. The average Bonchev–Trinajstić information content (AvgIpc) is 2.57. The second-order valence-corrected chi connectivity index (χ2v) is 2.25. The minimum Gasteiger partial charge on any atom is -0.479 e. The van der Waals surface area contributed by atoms with Crippen molar-refractivity contribution in [3.05, 3.63) is 12.7 Å². The second kappa shape index (κ2) is 4.54. The predicted molar refractivity (Wildman–Crippen MR) is 44.0 cm³/mol. The van der Waals surface area contributed by atoms with Gasteiger partial charge in [0.15, 0.2) is 5.90 Å². The number of hydrogen-bond donors (Lipinski definition) is 0. The van der Waals surface area contributed by atoms with Crippen molar-refractivity contribution in [3.8, 4) is 0 Å². The van der Waals surface area contributed by atoms with E-state index in [4.69, 9.17) is 9.47 Å². The molecule has 4 heteroatoms. The summed E-state index contributed by atoms with van der Waals surface area (Å²) in [6.07, 6.45) is 1.69. The lowest BCUT2D eigenvalue weighted by Gasteiger charge is -2.01. The Balaban J connectivity index is 2.09. The van der Waals surface area contributed by atoms with Crippen LogP contribution in [0.25, 0.3) is 0 Å². The Morgan fingerprint density at radius 3 is 3.25 bits per heavy atom. The number of hydrogen-bond acceptors (Lipinski definition) is 4. The van der Waals surface area contributed by atoms with E-state index in [1.54, 1.807) is 0 Å². The Labute approximate surface area is 70.9 Å². The Bertz CT molecular complexity index is 210. The lowest BCUT2D eigenvalue weighted by molar-refractivity contribution is -0.137. The fourth-order valence-electron chi connectivity index (χ4n) is 0.829. The molecule has 0 fully saturated rings. The first-order valence-corrected chi connectivity index (χ1v) is 3.78. The summed E-state index contributed by atoms with van der Waals surface area (Å²) in [5.74, 6) is 0.264. The van der Waals surface area contributed by atoms with Crippen molar-refractivity contribution in [1.82, 2.24) is 0 Å². The molecule has 0 bridgehead atoms. The summed E-state index contributed by atoms with van der Waals surface area (Å²) < 4.78 is 9.84. The molecular weight excluding hydrogens is 158 g/mol. The number of nitrogens with zero attached hydrogens (tertiary/aromatic N) is 1. The molecule has 0 unspecified atom stereocenters. The van der Waals surface area contributed by atoms with E-state index in [9.17, 15) is 4.79 Å². The summed E-state index contributed by atoms with van der Waals surface area (Å²) in [4.78, 5) is 14.6. The van der Waals surface area contributed by atoms with E-state index in [-0.39, 0.29) is 0 Å². The number of esters is 1. The first kappa shape index (κ1) is 8.77. The van der Waals surface area contributed by atoms with Gasteiger partial charge in [-0.1, -0.05) is 6.58 Å². The van der Waals surface area contributed by atoms with Crippen molar-refractivity contribution in [2.24, 2.45) is 4.99 Å². The van der Waals surface area contributed by atoms with Crippen LogP contribution in [0.15, 0.2) is 17.6 Å². The molecule has 0 aromatic rings. The van der Waals surface area contributed by atoms with Crippen LogP contribution in [0.3, 0.4) is 0 Å². The molecule has 1 aliphatic heterocycles. The van der Waals surface area contributed by atoms with Gasteiger partial charge in [0.1, 0.15) is 13.2 Å². The number of carbonyl (C=O) groups is 1. The molecule has 0 amide bonds. The van der Waals surface area contributed by atoms with Gasteiger partial charge >= 0.3 is 5.97 Å². The first-order valence-electron chi connectivity index (χ1n) is 3.78. The number of carbonyl (C=O) groups excluding carboxylic acids is 1. The molecule has 0 aromatic carbocycles. The van der Waals surface area contributed by atoms with E-state index in [0.717, 1.165) is 6.08 Å². The van der Waals surface area contributed by atoms with E-state index >= 15 is 0 Å². The number of rotatable bonds is 4. The molecule has 66 valence electrons. The zero-order valence-corrected chi connectivity index (χ0v) is 6.78. The van der Waals surface area contributed by atoms with Gasteiger partial charge in [-0.3, -0.25) is 4.99 Å². The number of aliphatic imine (C=N–C) groups is 1. The van der Waals surface area contributed by atoms with Gasteiger partial charge in [0.25, 0.3) is 0 Å². The third kappa shape index (κ3) is 2.74. The Morgan fingerprint density at radius 1 is 1.83 bits per heavy atom. The van der Waals surface area contributed by atoms with Crippen LogP contribution in [0, 0.1) is 0 Å². The van der Waals surface area contributed by atoms with E-state index in [0.29, 0.717) is 32.1 Å². The topological polar surface area (TPSA) is 47.9 Å². The van der Waals surface area contributed by atoms with Gasteiger partial charge in [0, 0.05) is 6.08 Å². The van der Waals surface area contributed by atoms with Crippen LogP contribution < -0.4 is 0 Å². The standard InChI is InChI=1S/C8H11NO3/c1-2-8(10)12-5-3-7-9-4-6-11-7/h2H,1,3-6H2. The smallest absolute Gasteiger partial charge is 0.330 e. The largest absolute Gasteiger partial charge is 0.479 e. The van der Waals surface area contributed by atoms with Gasteiger partial charge in [-0.25, -0.2) is 4.79 Å². The highest BCUT2D eigenvalue weighted by Gasteiger charge is 2.07. The van der Waals surface area contributed by atoms with Crippen molar-refractivity contribution in [2.45, 2.75) is 6.42 Å². The predicted octanol–water partition coefficient (Wildman–Crippen LogP) is 0.534. The molecule has 0 aromatic heterocycles. The van der Waals surface area contributed by atoms with Crippen LogP contribution in [0.1, 0.15) is 6.42 Å². The molecule has 0 spiro atoms. The molecule has 0 saturated carbocycles. The molecule has 0 radical (unpaired) electrons. The zero-order valence-electron chi connectivity index (χ0n) is 6.78. The zero-order chi connectivity index (χ0) is 8.81. The third-order valence-corrected chi connectivity index (χ3v) is 1.38. The molecule has 4 nitrogen and oxygen atoms in total. The van der Waals surface area contributed by atoms with Crippen LogP contribution in [0.2, 0.25) is 0 Å². The molecule has 1 rings (SSSR count). The van der Waals surface area contributed by atoms with E-state index in [1.807, 2.05) is 0 Å². The monoisotopic (exact) mass is 169 g/mol. The maximum atomic E-state index is 10.6. The minimum atomic E-state index is -0.409. The molecule has 1 aliphatic rings. The highest BCUT2D eigenvalue weighted by molar-refractivity contribution is 5.82. The lowest BCUT2D eigenvalue weighted by Crippen LogP contribution is -2.07. The Hall–Kier alpha value is -1.32.